The summed E-state index contributed by atoms with van der Waals surface area (Å²) in [7, 11) is 0. The van der Waals surface area contributed by atoms with Gasteiger partial charge in [0.1, 0.15) is 0 Å². The number of nitrogens with zero attached hydrogens (tertiary/aromatic N) is 1. The molecule has 0 aliphatic heterocycles. The van der Waals surface area contributed by atoms with Gasteiger partial charge in [-0.3, -0.25) is 0 Å². The number of hydrogen-bond donors (Lipinski definition) is 0. The second-order valence-corrected chi connectivity index (χ2v) is 11.8. The van der Waals surface area contributed by atoms with Crippen molar-refractivity contribution in [1.82, 2.24) is 0 Å². The van der Waals surface area contributed by atoms with Crippen LogP contribution in [0.3, 0.4) is 0 Å². The second-order valence-electron chi connectivity index (χ2n) is 11.8. The van der Waals surface area contributed by atoms with Gasteiger partial charge in [0, 0.05) is 22.2 Å². The second kappa shape index (κ2) is 8.58. The van der Waals surface area contributed by atoms with Crippen molar-refractivity contribution < 1.29 is 0 Å². The van der Waals surface area contributed by atoms with Crippen LogP contribution in [0.2, 0.25) is 0 Å². The minimum Gasteiger partial charge on any atom is -0.310 e. The smallest absolute Gasteiger partial charge is 0.0540 e. The third-order valence-corrected chi connectivity index (χ3v) is 9.38. The van der Waals surface area contributed by atoms with Gasteiger partial charge in [0.2, 0.25) is 0 Å². The van der Waals surface area contributed by atoms with Crippen molar-refractivity contribution in [2.24, 2.45) is 0 Å². The van der Waals surface area contributed by atoms with Gasteiger partial charge in [-0.25, -0.2) is 0 Å². The molecular formula is C38H33N. The van der Waals surface area contributed by atoms with Gasteiger partial charge in [-0.05, 0) is 74.2 Å². The van der Waals surface area contributed by atoms with E-state index in [4.69, 9.17) is 0 Å². The van der Waals surface area contributed by atoms with E-state index in [2.05, 4.69) is 160 Å². The van der Waals surface area contributed by atoms with E-state index in [0.717, 1.165) is 11.4 Å². The van der Waals surface area contributed by atoms with Crippen molar-refractivity contribution in [1.29, 1.82) is 0 Å². The van der Waals surface area contributed by atoms with Crippen molar-refractivity contribution in [2.75, 3.05) is 4.90 Å². The molecule has 7 rings (SSSR count). The van der Waals surface area contributed by atoms with Gasteiger partial charge in [0.25, 0.3) is 0 Å². The largest absolute Gasteiger partial charge is 0.310 e. The molecule has 0 aromatic heterocycles. The van der Waals surface area contributed by atoms with Crippen LogP contribution in [0.25, 0.3) is 32.7 Å². The monoisotopic (exact) mass is 503 g/mol. The Balaban J connectivity index is 1.52. The van der Waals surface area contributed by atoms with Crippen LogP contribution in [-0.2, 0) is 10.8 Å². The number of hydrogen-bond acceptors (Lipinski definition) is 1. The van der Waals surface area contributed by atoms with Crippen molar-refractivity contribution >= 4 is 38.6 Å². The molecule has 6 aromatic carbocycles. The Morgan fingerprint density at radius 2 is 0.974 bits per heavy atom. The zero-order chi connectivity index (χ0) is 26.8. The summed E-state index contributed by atoms with van der Waals surface area (Å²) >= 11 is 0. The average Bonchev–Trinajstić information content (AvgIpc) is 2.97. The fraction of sp³-hybridized carbons (Fsp3) is 0.158. The molecular weight excluding hydrogens is 470 g/mol. The van der Waals surface area contributed by atoms with E-state index >= 15 is 0 Å². The molecule has 1 nitrogen and oxygen atoms in total. The summed E-state index contributed by atoms with van der Waals surface area (Å²) in [5.74, 6) is 0. The lowest BCUT2D eigenvalue weighted by Crippen LogP contribution is -2.43. The topological polar surface area (TPSA) is 3.24 Å². The van der Waals surface area contributed by atoms with Crippen LogP contribution in [0.1, 0.15) is 38.8 Å². The molecule has 0 N–H and O–H groups in total. The molecule has 1 aliphatic rings. The third kappa shape index (κ3) is 3.39. The summed E-state index contributed by atoms with van der Waals surface area (Å²) in [4.78, 5) is 2.37. The highest BCUT2D eigenvalue weighted by Gasteiger charge is 2.46. The minimum absolute atomic E-state index is 0.000893. The van der Waals surface area contributed by atoms with E-state index in [9.17, 15) is 0 Å². The van der Waals surface area contributed by atoms with Crippen LogP contribution in [0.4, 0.5) is 17.1 Å². The first-order valence-corrected chi connectivity index (χ1v) is 13.9. The zero-order valence-corrected chi connectivity index (χ0v) is 23.1. The summed E-state index contributed by atoms with van der Waals surface area (Å²) in [5.41, 5.74) is 9.09. The lowest BCUT2D eigenvalue weighted by Gasteiger charge is -2.49. The summed E-state index contributed by atoms with van der Waals surface area (Å²) in [6.07, 6.45) is 0. The van der Waals surface area contributed by atoms with E-state index in [0.29, 0.717) is 0 Å². The van der Waals surface area contributed by atoms with Gasteiger partial charge in [-0.2, -0.15) is 0 Å². The molecule has 1 heteroatoms. The molecule has 0 bridgehead atoms. The van der Waals surface area contributed by atoms with Crippen molar-refractivity contribution in [3.8, 4) is 11.1 Å². The van der Waals surface area contributed by atoms with E-state index in [1.54, 1.807) is 0 Å². The Morgan fingerprint density at radius 3 is 1.67 bits per heavy atom. The Hall–Kier alpha value is -4.36. The fourth-order valence-corrected chi connectivity index (χ4v) is 6.74. The van der Waals surface area contributed by atoms with Gasteiger partial charge in [-0.15, -0.1) is 0 Å². The minimum atomic E-state index is -0.0401. The molecule has 0 saturated carbocycles. The molecule has 190 valence electrons. The van der Waals surface area contributed by atoms with Crippen LogP contribution in [0.5, 0.6) is 0 Å². The van der Waals surface area contributed by atoms with E-state index in [1.165, 1.54) is 49.5 Å². The molecule has 0 radical (unpaired) electrons. The Labute approximate surface area is 231 Å². The highest BCUT2D eigenvalue weighted by Crippen LogP contribution is 2.56. The molecule has 0 amide bonds. The van der Waals surface area contributed by atoms with Crippen LogP contribution in [0, 0.1) is 0 Å². The van der Waals surface area contributed by atoms with E-state index < -0.39 is 0 Å². The van der Waals surface area contributed by atoms with Gasteiger partial charge < -0.3 is 4.90 Å². The van der Waals surface area contributed by atoms with Gasteiger partial charge in [0.05, 0.1) is 5.69 Å². The first-order chi connectivity index (χ1) is 18.9. The standard InChI is InChI=1S/C38H33N/c1-37(2)34-20-12-11-18-30(34)33-24-22-29-28-19-13-21-35(31(28)23-25-32(29)36(33)38(37,3)4)39(26-14-7-5-8-15-26)27-16-9-6-10-17-27/h5-25H,1-4H3. The number of anilines is 3. The average molecular weight is 504 g/mol. The highest BCUT2D eigenvalue weighted by molar-refractivity contribution is 6.15. The van der Waals surface area contributed by atoms with Gasteiger partial charge in [-0.1, -0.05) is 125 Å². The van der Waals surface area contributed by atoms with Crippen molar-refractivity contribution in [3.05, 3.63) is 139 Å². The Morgan fingerprint density at radius 1 is 0.410 bits per heavy atom. The number of rotatable bonds is 3. The van der Waals surface area contributed by atoms with Crippen LogP contribution in [0.15, 0.2) is 127 Å². The van der Waals surface area contributed by atoms with Crippen LogP contribution >= 0.6 is 0 Å². The normalized spacial score (nSPS) is 15.1. The SMILES string of the molecule is CC1(C)c2ccccc2-c2ccc3c(ccc4c(N(c5ccccc5)c5ccccc5)cccc43)c2C1(C)C. The Kier molecular flexibility index (Phi) is 5.22. The lowest BCUT2D eigenvalue weighted by molar-refractivity contribution is 0.301. The van der Waals surface area contributed by atoms with Crippen molar-refractivity contribution in [2.45, 2.75) is 38.5 Å². The summed E-state index contributed by atoms with van der Waals surface area (Å²) in [6, 6.07) is 46.5. The van der Waals surface area contributed by atoms with Crippen LogP contribution in [-0.4, -0.2) is 0 Å². The first kappa shape index (κ1) is 23.7. The number of fused-ring (bicyclic) bond motifs is 7. The molecule has 0 saturated heterocycles. The number of para-hydroxylation sites is 2. The molecule has 0 fully saturated rings. The maximum Gasteiger partial charge on any atom is 0.0540 e. The Bertz CT molecular complexity index is 1810. The molecule has 1 aliphatic carbocycles. The summed E-state index contributed by atoms with van der Waals surface area (Å²) < 4.78 is 0. The molecule has 0 atom stereocenters. The summed E-state index contributed by atoms with van der Waals surface area (Å²) in [6.45, 7) is 9.66. The predicted octanol–water partition coefficient (Wildman–Crippen LogP) is 10.7. The van der Waals surface area contributed by atoms with Crippen LogP contribution < -0.4 is 4.90 Å². The van der Waals surface area contributed by atoms with Gasteiger partial charge in [0.15, 0.2) is 0 Å². The lowest BCUT2D eigenvalue weighted by atomic mass is 9.55. The highest BCUT2D eigenvalue weighted by atomic mass is 15.1. The predicted molar refractivity (Wildman–Crippen MR) is 168 cm³/mol. The van der Waals surface area contributed by atoms with Crippen molar-refractivity contribution in [3.63, 3.8) is 0 Å². The van der Waals surface area contributed by atoms with E-state index in [1.807, 2.05) is 0 Å². The number of benzene rings is 6. The first-order valence-electron chi connectivity index (χ1n) is 13.9. The maximum atomic E-state index is 2.42. The quantitative estimate of drug-likeness (QED) is 0.217. The molecule has 0 heterocycles. The van der Waals surface area contributed by atoms with E-state index in [-0.39, 0.29) is 10.8 Å². The molecule has 0 spiro atoms. The summed E-state index contributed by atoms with van der Waals surface area (Å²) in [5, 5.41) is 5.22. The molecule has 0 unspecified atom stereocenters. The molecule has 39 heavy (non-hydrogen) atoms. The zero-order valence-electron chi connectivity index (χ0n) is 23.1. The third-order valence-electron chi connectivity index (χ3n) is 9.38. The van der Waals surface area contributed by atoms with Gasteiger partial charge >= 0.3 is 0 Å². The fourth-order valence-electron chi connectivity index (χ4n) is 6.74. The molecule has 6 aromatic rings. The maximum absolute atomic E-state index is 2.42.